The van der Waals surface area contributed by atoms with Crippen molar-refractivity contribution in [3.05, 3.63) is 84.9 Å². The van der Waals surface area contributed by atoms with Crippen LogP contribution in [0.2, 0.25) is 0 Å². The Kier molecular flexibility index (Phi) is 5.58. The number of hydrogen-bond donors (Lipinski definition) is 0. The minimum absolute atomic E-state index is 0. The Bertz CT molecular complexity index is 825. The van der Waals surface area contributed by atoms with Crippen molar-refractivity contribution in [2.75, 3.05) is 0 Å². The summed E-state index contributed by atoms with van der Waals surface area (Å²) in [5, 5.41) is 5.20. The van der Waals surface area contributed by atoms with Gasteiger partial charge in [-0.1, -0.05) is 84.9 Å². The Hall–Kier alpha value is -1.41. The third-order valence-electron chi connectivity index (χ3n) is 3.87. The van der Waals surface area contributed by atoms with Gasteiger partial charge in [0.25, 0.3) is 0 Å². The smallest absolute Gasteiger partial charge is 0.00992 e. The molecular formula is C20H16Li2. The molecule has 4 aromatic rings. The van der Waals surface area contributed by atoms with Crippen LogP contribution < -0.4 is 0 Å². The molecule has 0 aliphatic carbocycles. The van der Waals surface area contributed by atoms with E-state index in [9.17, 15) is 0 Å². The van der Waals surface area contributed by atoms with E-state index in [1.807, 2.05) is 0 Å². The summed E-state index contributed by atoms with van der Waals surface area (Å²) in [6.45, 7) is 0. The molecule has 0 bridgehead atoms. The van der Waals surface area contributed by atoms with Crippen LogP contribution in [0.3, 0.4) is 0 Å². The Balaban J connectivity index is 0.000000882. The molecule has 0 unspecified atom stereocenters. The van der Waals surface area contributed by atoms with Gasteiger partial charge in [-0.25, -0.2) is 0 Å². The Morgan fingerprint density at radius 1 is 0.364 bits per heavy atom. The van der Waals surface area contributed by atoms with E-state index in [0.29, 0.717) is 0 Å². The van der Waals surface area contributed by atoms with Crippen molar-refractivity contribution in [2.24, 2.45) is 0 Å². The molecule has 0 aliphatic rings. The van der Waals surface area contributed by atoms with Gasteiger partial charge in [-0.05, 0) is 32.7 Å². The second-order valence-corrected chi connectivity index (χ2v) is 5.05. The van der Waals surface area contributed by atoms with Gasteiger partial charge in [-0.2, -0.15) is 0 Å². The third-order valence-corrected chi connectivity index (χ3v) is 3.87. The van der Waals surface area contributed by atoms with Gasteiger partial charge in [0.15, 0.2) is 0 Å². The van der Waals surface area contributed by atoms with Crippen LogP contribution in [0.1, 0.15) is 0 Å². The second kappa shape index (κ2) is 7.24. The normalized spacial score (nSPS) is 10.0. The van der Waals surface area contributed by atoms with Gasteiger partial charge in [-0.15, -0.1) is 0 Å². The summed E-state index contributed by atoms with van der Waals surface area (Å²) in [7, 11) is 0. The molecule has 0 nitrogen and oxygen atoms in total. The van der Waals surface area contributed by atoms with E-state index in [1.165, 1.54) is 32.7 Å². The topological polar surface area (TPSA) is 0 Å². The van der Waals surface area contributed by atoms with Gasteiger partial charge < -0.3 is 0 Å². The zero-order chi connectivity index (χ0) is 13.4. The van der Waals surface area contributed by atoms with E-state index < -0.39 is 0 Å². The first-order chi connectivity index (χ1) is 9.93. The summed E-state index contributed by atoms with van der Waals surface area (Å²) in [5.41, 5.74) is 2.61. The molecule has 0 amide bonds. The quantitative estimate of drug-likeness (QED) is 0.451. The van der Waals surface area contributed by atoms with Crippen LogP contribution in [-0.4, -0.2) is 37.7 Å². The number of benzene rings is 4. The number of rotatable bonds is 1. The summed E-state index contributed by atoms with van der Waals surface area (Å²) in [4.78, 5) is 0. The van der Waals surface area contributed by atoms with E-state index in [0.717, 1.165) is 0 Å². The molecule has 0 saturated carbocycles. The number of hydrogen-bond acceptors (Lipinski definition) is 0. The van der Waals surface area contributed by atoms with Crippen LogP contribution in [0.15, 0.2) is 84.9 Å². The fourth-order valence-corrected chi connectivity index (χ4v) is 2.92. The molecule has 0 N–H and O–H groups in total. The molecular weight excluding hydrogens is 254 g/mol. The molecule has 0 aromatic heterocycles. The van der Waals surface area contributed by atoms with Crippen LogP contribution >= 0.6 is 0 Å². The number of fused-ring (bicyclic) bond motifs is 2. The first-order valence-corrected chi connectivity index (χ1v) is 6.89. The Morgan fingerprint density at radius 2 is 0.727 bits per heavy atom. The average molecular weight is 270 g/mol. The summed E-state index contributed by atoms with van der Waals surface area (Å²) < 4.78 is 0. The van der Waals surface area contributed by atoms with E-state index in [-0.39, 0.29) is 37.7 Å². The van der Waals surface area contributed by atoms with Crippen molar-refractivity contribution < 1.29 is 0 Å². The van der Waals surface area contributed by atoms with Crippen LogP contribution in [0, 0.1) is 0 Å². The maximum atomic E-state index is 2.21. The van der Waals surface area contributed by atoms with E-state index >= 15 is 0 Å². The molecule has 0 spiro atoms. The van der Waals surface area contributed by atoms with Gasteiger partial charge in [0, 0.05) is 0 Å². The van der Waals surface area contributed by atoms with Crippen LogP contribution in [0.5, 0.6) is 0 Å². The maximum absolute atomic E-state index is 2.21. The van der Waals surface area contributed by atoms with Crippen molar-refractivity contribution in [2.45, 2.75) is 0 Å². The van der Waals surface area contributed by atoms with Crippen molar-refractivity contribution >= 4 is 59.3 Å². The van der Waals surface area contributed by atoms with Crippen LogP contribution in [0.4, 0.5) is 0 Å². The molecule has 22 heavy (non-hydrogen) atoms. The van der Waals surface area contributed by atoms with Crippen LogP contribution in [0.25, 0.3) is 32.7 Å². The van der Waals surface area contributed by atoms with Crippen LogP contribution in [-0.2, 0) is 0 Å². The predicted octanol–water partition coefficient (Wildman–Crippen LogP) is 4.36. The fraction of sp³-hybridized carbons (Fsp3) is 0. The van der Waals surface area contributed by atoms with Gasteiger partial charge in [0.2, 0.25) is 0 Å². The molecule has 0 radical (unpaired) electrons. The molecule has 0 saturated heterocycles. The van der Waals surface area contributed by atoms with E-state index in [4.69, 9.17) is 0 Å². The minimum Gasteiger partial charge on any atom is -0.0616 e. The van der Waals surface area contributed by atoms with Crippen molar-refractivity contribution in [1.82, 2.24) is 0 Å². The van der Waals surface area contributed by atoms with Gasteiger partial charge >= 0.3 is 37.7 Å². The minimum atomic E-state index is 0. The molecule has 0 aliphatic heterocycles. The maximum Gasteiger partial charge on any atom is -0.00992 e. The summed E-state index contributed by atoms with van der Waals surface area (Å²) >= 11 is 0. The zero-order valence-electron chi connectivity index (χ0n) is 11.1. The molecule has 4 rings (SSSR count). The van der Waals surface area contributed by atoms with Crippen molar-refractivity contribution in [1.29, 1.82) is 0 Å². The average Bonchev–Trinajstić information content (AvgIpc) is 2.54. The second-order valence-electron chi connectivity index (χ2n) is 5.05. The summed E-state index contributed by atoms with van der Waals surface area (Å²) in [5.74, 6) is 0. The molecule has 98 valence electrons. The first-order valence-electron chi connectivity index (χ1n) is 6.89. The summed E-state index contributed by atoms with van der Waals surface area (Å²) in [6, 6.07) is 30.2. The standard InChI is InChI=1S/C20H14.2Li.2H/c1-3-11-17-15(7-1)9-5-13-19(17)20-14-6-10-16-8-2-4-12-18(16)20;;;;/h1-14H;;;;. The predicted molar refractivity (Wildman–Crippen MR) is 101 cm³/mol. The Labute approximate surface area is 154 Å². The molecule has 2 heteroatoms. The fourth-order valence-electron chi connectivity index (χ4n) is 2.92. The monoisotopic (exact) mass is 270 g/mol. The Morgan fingerprint density at radius 3 is 1.18 bits per heavy atom. The SMILES string of the molecule is [LiH].[LiH].c1ccc2c(-c3cccc4ccccc34)cccc2c1. The molecule has 0 heterocycles. The zero-order valence-corrected chi connectivity index (χ0v) is 11.1. The molecule has 0 atom stereocenters. The molecule has 4 aromatic carbocycles. The van der Waals surface area contributed by atoms with E-state index in [2.05, 4.69) is 84.9 Å². The van der Waals surface area contributed by atoms with E-state index in [1.54, 1.807) is 0 Å². The van der Waals surface area contributed by atoms with Gasteiger partial charge in [0.05, 0.1) is 0 Å². The summed E-state index contributed by atoms with van der Waals surface area (Å²) in [6.07, 6.45) is 0. The first kappa shape index (κ1) is 17.0. The van der Waals surface area contributed by atoms with Crippen molar-refractivity contribution in [3.8, 4) is 11.1 Å². The van der Waals surface area contributed by atoms with Crippen molar-refractivity contribution in [3.63, 3.8) is 0 Å². The van der Waals surface area contributed by atoms with Gasteiger partial charge in [-0.3, -0.25) is 0 Å². The van der Waals surface area contributed by atoms with Gasteiger partial charge in [0.1, 0.15) is 0 Å². The third kappa shape index (κ3) is 2.89. The largest absolute Gasteiger partial charge is 0.0616 e. The molecule has 0 fully saturated rings.